The number of carbonyl (C=O) groups is 1. The van der Waals surface area contributed by atoms with Gasteiger partial charge in [0.15, 0.2) is 5.17 Å². The molecule has 0 bridgehead atoms. The lowest BCUT2D eigenvalue weighted by molar-refractivity contribution is -0.118. The van der Waals surface area contributed by atoms with Crippen LogP contribution in [-0.4, -0.2) is 52.1 Å². The summed E-state index contributed by atoms with van der Waals surface area (Å²) in [5.41, 5.74) is 0. The van der Waals surface area contributed by atoms with Crippen molar-refractivity contribution in [1.82, 2.24) is 5.01 Å². The Morgan fingerprint density at radius 2 is 2.38 bits per heavy atom. The van der Waals surface area contributed by atoms with Crippen LogP contribution in [-0.2, 0) is 4.79 Å². The van der Waals surface area contributed by atoms with E-state index in [0.717, 1.165) is 5.75 Å². The zero-order chi connectivity index (χ0) is 11.5. The smallest absolute Gasteiger partial charge is 0.264 e. The molecule has 1 amide bonds. The van der Waals surface area contributed by atoms with Gasteiger partial charge in [0.25, 0.3) is 5.91 Å². The highest BCUT2D eigenvalue weighted by atomic mass is 32.2. The zero-order valence-electron chi connectivity index (χ0n) is 8.83. The standard InChI is InChI=1S/C9H12N4O2S/c1-2-16-9-11-7-6(8(15)12-9)5-10-13(7)3-4-14/h5-6,14H,2-4H2,1H3. The Morgan fingerprint density at radius 3 is 3.06 bits per heavy atom. The number of aliphatic hydroxyl groups is 1. The molecule has 0 aromatic heterocycles. The predicted molar refractivity (Wildman–Crippen MR) is 63.8 cm³/mol. The molecule has 1 atom stereocenters. The molecule has 0 aromatic carbocycles. The first-order chi connectivity index (χ1) is 7.76. The van der Waals surface area contributed by atoms with E-state index in [1.165, 1.54) is 18.0 Å². The van der Waals surface area contributed by atoms with Gasteiger partial charge in [0.05, 0.1) is 13.2 Å². The van der Waals surface area contributed by atoms with Crippen LogP contribution in [0, 0.1) is 5.92 Å². The van der Waals surface area contributed by atoms with Gasteiger partial charge in [-0.25, -0.2) is 10.0 Å². The van der Waals surface area contributed by atoms with Gasteiger partial charge >= 0.3 is 0 Å². The third-order valence-corrected chi connectivity index (χ3v) is 2.89. The topological polar surface area (TPSA) is 77.6 Å². The molecular weight excluding hydrogens is 228 g/mol. The maximum atomic E-state index is 11.6. The molecule has 7 heteroatoms. The molecule has 0 fully saturated rings. The van der Waals surface area contributed by atoms with E-state index < -0.39 is 5.92 Å². The number of aliphatic hydroxyl groups excluding tert-OH is 1. The highest BCUT2D eigenvalue weighted by molar-refractivity contribution is 8.13. The summed E-state index contributed by atoms with van der Waals surface area (Å²) in [6.45, 7) is 2.30. The fourth-order valence-electron chi connectivity index (χ4n) is 1.48. The average Bonchev–Trinajstić information content (AvgIpc) is 2.63. The molecule has 1 unspecified atom stereocenters. The minimum Gasteiger partial charge on any atom is -0.394 e. The maximum absolute atomic E-state index is 11.6. The SMILES string of the molecule is CCSC1=NC(=O)C2C=NN(CCO)C2=N1. The number of rotatable bonds is 3. The van der Waals surface area contributed by atoms with Gasteiger partial charge in [0, 0.05) is 6.21 Å². The Hall–Kier alpha value is -1.21. The summed E-state index contributed by atoms with van der Waals surface area (Å²) in [5.74, 6) is 0.692. The van der Waals surface area contributed by atoms with E-state index in [4.69, 9.17) is 5.11 Å². The predicted octanol–water partition coefficient (Wildman–Crippen LogP) is -0.0559. The Labute approximate surface area is 97.1 Å². The van der Waals surface area contributed by atoms with Crippen LogP contribution in [0.1, 0.15) is 6.92 Å². The monoisotopic (exact) mass is 240 g/mol. The second-order valence-corrected chi connectivity index (χ2v) is 4.46. The second kappa shape index (κ2) is 4.75. The number of aliphatic imine (C=N–C) groups is 2. The number of nitrogens with zero attached hydrogens (tertiary/aromatic N) is 4. The molecule has 16 heavy (non-hydrogen) atoms. The average molecular weight is 240 g/mol. The molecule has 1 N–H and O–H groups in total. The van der Waals surface area contributed by atoms with Crippen molar-refractivity contribution in [2.24, 2.45) is 21.0 Å². The van der Waals surface area contributed by atoms with Crippen molar-refractivity contribution in [1.29, 1.82) is 0 Å². The van der Waals surface area contributed by atoms with Gasteiger partial charge in [-0.15, -0.1) is 0 Å². The number of hydrogen-bond acceptors (Lipinski definition) is 6. The van der Waals surface area contributed by atoms with Crippen LogP contribution in [0.2, 0.25) is 0 Å². The van der Waals surface area contributed by atoms with Crippen molar-refractivity contribution >= 4 is 34.9 Å². The Bertz CT molecular complexity index is 391. The first kappa shape index (κ1) is 11.3. The highest BCUT2D eigenvalue weighted by Gasteiger charge is 2.35. The second-order valence-electron chi connectivity index (χ2n) is 3.22. The summed E-state index contributed by atoms with van der Waals surface area (Å²) in [6.07, 6.45) is 1.52. The molecule has 0 saturated heterocycles. The molecular formula is C9H12N4O2S. The molecule has 6 nitrogen and oxygen atoms in total. The van der Waals surface area contributed by atoms with E-state index in [1.807, 2.05) is 6.92 Å². The van der Waals surface area contributed by atoms with Crippen molar-refractivity contribution in [3.8, 4) is 0 Å². The summed E-state index contributed by atoms with van der Waals surface area (Å²) in [7, 11) is 0. The van der Waals surface area contributed by atoms with Gasteiger partial charge in [-0.1, -0.05) is 18.7 Å². The number of hydrazone groups is 1. The van der Waals surface area contributed by atoms with E-state index >= 15 is 0 Å². The fraction of sp³-hybridized carbons (Fsp3) is 0.556. The molecule has 0 aromatic rings. The maximum Gasteiger partial charge on any atom is 0.264 e. The molecule has 2 rings (SSSR count). The van der Waals surface area contributed by atoms with E-state index in [-0.39, 0.29) is 12.5 Å². The third-order valence-electron chi connectivity index (χ3n) is 2.17. The van der Waals surface area contributed by atoms with Crippen LogP contribution in [0.25, 0.3) is 0 Å². The number of carbonyl (C=O) groups excluding carboxylic acids is 1. The van der Waals surface area contributed by atoms with Gasteiger partial charge in [-0.05, 0) is 5.75 Å². The summed E-state index contributed by atoms with van der Waals surface area (Å²) in [5, 5.41) is 14.9. The summed E-state index contributed by atoms with van der Waals surface area (Å²) < 4.78 is 0. The van der Waals surface area contributed by atoms with Crippen molar-refractivity contribution in [2.75, 3.05) is 18.9 Å². The number of thioether (sulfide) groups is 1. The van der Waals surface area contributed by atoms with Gasteiger partial charge in [-0.3, -0.25) is 4.79 Å². The zero-order valence-corrected chi connectivity index (χ0v) is 9.65. The molecule has 2 heterocycles. The molecule has 0 saturated carbocycles. The number of amidine groups is 2. The van der Waals surface area contributed by atoms with Gasteiger partial charge in [0.1, 0.15) is 11.8 Å². The van der Waals surface area contributed by atoms with E-state index in [1.54, 1.807) is 5.01 Å². The largest absolute Gasteiger partial charge is 0.394 e. The van der Waals surface area contributed by atoms with E-state index in [0.29, 0.717) is 17.5 Å². The summed E-state index contributed by atoms with van der Waals surface area (Å²) in [4.78, 5) is 19.8. The number of amides is 1. The van der Waals surface area contributed by atoms with Gasteiger partial charge < -0.3 is 5.11 Å². The number of fused-ring (bicyclic) bond motifs is 1. The number of β-amino-alcohol motifs (C(OH)–C–C–N with tert-alkyl or cyclic N) is 1. The quantitative estimate of drug-likeness (QED) is 0.750. The Morgan fingerprint density at radius 1 is 1.56 bits per heavy atom. The van der Waals surface area contributed by atoms with Gasteiger partial charge in [0.2, 0.25) is 0 Å². The van der Waals surface area contributed by atoms with Crippen molar-refractivity contribution in [3.63, 3.8) is 0 Å². The third kappa shape index (κ3) is 2.00. The molecule has 86 valence electrons. The molecule has 0 aliphatic carbocycles. The van der Waals surface area contributed by atoms with Crippen molar-refractivity contribution in [2.45, 2.75) is 6.92 Å². The minimum absolute atomic E-state index is 0.0231. The number of hydrogen-bond donors (Lipinski definition) is 1. The van der Waals surface area contributed by atoms with Crippen LogP contribution in [0.4, 0.5) is 0 Å². The summed E-state index contributed by atoms with van der Waals surface area (Å²) in [6, 6.07) is 0. The van der Waals surface area contributed by atoms with Crippen LogP contribution in [0.15, 0.2) is 15.1 Å². The fourth-order valence-corrected chi connectivity index (χ4v) is 2.05. The van der Waals surface area contributed by atoms with Crippen molar-refractivity contribution in [3.05, 3.63) is 0 Å². The van der Waals surface area contributed by atoms with Crippen LogP contribution < -0.4 is 0 Å². The first-order valence-electron chi connectivity index (χ1n) is 5.02. The molecule has 0 spiro atoms. The van der Waals surface area contributed by atoms with E-state index in [9.17, 15) is 4.79 Å². The highest BCUT2D eigenvalue weighted by Crippen LogP contribution is 2.20. The lowest BCUT2D eigenvalue weighted by Gasteiger charge is -2.18. The Balaban J connectivity index is 2.21. The van der Waals surface area contributed by atoms with Gasteiger partial charge in [-0.2, -0.15) is 10.1 Å². The van der Waals surface area contributed by atoms with Crippen LogP contribution in [0.3, 0.4) is 0 Å². The van der Waals surface area contributed by atoms with E-state index in [2.05, 4.69) is 15.1 Å². The minimum atomic E-state index is -0.465. The molecule has 2 aliphatic rings. The lowest BCUT2D eigenvalue weighted by Crippen LogP contribution is -2.35. The normalized spacial score (nSPS) is 23.2. The molecule has 2 aliphatic heterocycles. The van der Waals surface area contributed by atoms with Crippen LogP contribution >= 0.6 is 11.8 Å². The molecule has 0 radical (unpaired) electrons. The van der Waals surface area contributed by atoms with Crippen molar-refractivity contribution < 1.29 is 9.90 Å². The van der Waals surface area contributed by atoms with Crippen LogP contribution in [0.5, 0.6) is 0 Å². The first-order valence-corrected chi connectivity index (χ1v) is 6.01. The Kier molecular flexibility index (Phi) is 3.35. The lowest BCUT2D eigenvalue weighted by atomic mass is 10.1. The summed E-state index contributed by atoms with van der Waals surface area (Å²) >= 11 is 1.42.